The third-order valence-electron chi connectivity index (χ3n) is 3.03. The Labute approximate surface area is 92.2 Å². The minimum Gasteiger partial charge on any atom is -0.406 e. The molecule has 0 bridgehead atoms. The maximum absolute atomic E-state index is 11.9. The monoisotopic (exact) mass is 230 g/mol. The zero-order valence-corrected chi connectivity index (χ0v) is 9.14. The Kier molecular flexibility index (Phi) is 2.40. The van der Waals surface area contributed by atoms with Crippen LogP contribution in [0.4, 0.5) is 13.2 Å². The summed E-state index contributed by atoms with van der Waals surface area (Å²) in [5.41, 5.74) is 1.37. The standard InChI is InChI=1S/C12H13F3O/c1-11(2)7-10(11)8-3-5-9(6-4-8)16-12(13,14)15/h3-6,10H,7H2,1-2H3. The van der Waals surface area contributed by atoms with E-state index in [0.717, 1.165) is 12.0 Å². The Hall–Kier alpha value is -1.19. The summed E-state index contributed by atoms with van der Waals surface area (Å²) in [6, 6.07) is 6.16. The zero-order valence-electron chi connectivity index (χ0n) is 9.14. The molecule has 1 saturated carbocycles. The van der Waals surface area contributed by atoms with Crippen LogP contribution < -0.4 is 4.74 Å². The highest BCUT2D eigenvalue weighted by Crippen LogP contribution is 2.58. The van der Waals surface area contributed by atoms with Crippen molar-refractivity contribution in [3.05, 3.63) is 29.8 Å². The fraction of sp³-hybridized carbons (Fsp3) is 0.500. The molecule has 16 heavy (non-hydrogen) atoms. The summed E-state index contributed by atoms with van der Waals surface area (Å²) >= 11 is 0. The van der Waals surface area contributed by atoms with Crippen molar-refractivity contribution in [2.24, 2.45) is 5.41 Å². The normalized spacial score (nSPS) is 22.9. The maximum Gasteiger partial charge on any atom is 0.573 e. The van der Waals surface area contributed by atoms with E-state index in [4.69, 9.17) is 0 Å². The van der Waals surface area contributed by atoms with E-state index in [9.17, 15) is 13.2 Å². The number of alkyl halides is 3. The minimum atomic E-state index is -4.61. The van der Waals surface area contributed by atoms with Crippen LogP contribution in [0.15, 0.2) is 24.3 Å². The molecule has 0 aromatic heterocycles. The van der Waals surface area contributed by atoms with Gasteiger partial charge in [0.15, 0.2) is 0 Å². The maximum atomic E-state index is 11.9. The first kappa shape index (κ1) is 11.3. The van der Waals surface area contributed by atoms with E-state index in [2.05, 4.69) is 18.6 Å². The Balaban J connectivity index is 2.06. The second-order valence-electron chi connectivity index (χ2n) is 4.86. The number of benzene rings is 1. The van der Waals surface area contributed by atoms with Crippen LogP contribution in [0.1, 0.15) is 31.7 Å². The van der Waals surface area contributed by atoms with Crippen LogP contribution in [0.5, 0.6) is 5.75 Å². The van der Waals surface area contributed by atoms with Crippen molar-refractivity contribution in [2.45, 2.75) is 32.5 Å². The molecule has 2 rings (SSSR count). The number of rotatable bonds is 2. The first-order valence-electron chi connectivity index (χ1n) is 5.14. The smallest absolute Gasteiger partial charge is 0.406 e. The van der Waals surface area contributed by atoms with Crippen LogP contribution in [-0.2, 0) is 0 Å². The van der Waals surface area contributed by atoms with Gasteiger partial charge in [0.2, 0.25) is 0 Å². The predicted molar refractivity (Wildman–Crippen MR) is 54.3 cm³/mol. The molecular formula is C12H13F3O. The van der Waals surface area contributed by atoms with Gasteiger partial charge < -0.3 is 4.74 Å². The Morgan fingerprint density at radius 1 is 1.19 bits per heavy atom. The molecular weight excluding hydrogens is 217 g/mol. The third-order valence-corrected chi connectivity index (χ3v) is 3.03. The highest BCUT2D eigenvalue weighted by Gasteiger charge is 2.46. The molecule has 0 N–H and O–H groups in total. The predicted octanol–water partition coefficient (Wildman–Crippen LogP) is 4.10. The summed E-state index contributed by atoms with van der Waals surface area (Å²) in [6.07, 6.45) is -3.52. The highest BCUT2D eigenvalue weighted by atomic mass is 19.4. The third kappa shape index (κ3) is 2.49. The average Bonchev–Trinajstić information content (AvgIpc) is 2.73. The van der Waals surface area contributed by atoms with Gasteiger partial charge in [-0.2, -0.15) is 0 Å². The molecule has 1 aliphatic carbocycles. The Morgan fingerprint density at radius 3 is 2.06 bits per heavy atom. The Morgan fingerprint density at radius 2 is 1.69 bits per heavy atom. The van der Waals surface area contributed by atoms with Crippen molar-refractivity contribution in [2.75, 3.05) is 0 Å². The molecule has 88 valence electrons. The minimum absolute atomic E-state index is 0.158. The molecule has 1 atom stereocenters. The number of ether oxygens (including phenoxy) is 1. The molecule has 0 spiro atoms. The number of hydrogen-bond acceptors (Lipinski definition) is 1. The van der Waals surface area contributed by atoms with Crippen LogP contribution >= 0.6 is 0 Å². The van der Waals surface area contributed by atoms with Crippen LogP contribution in [0, 0.1) is 5.41 Å². The molecule has 1 aliphatic rings. The summed E-state index contributed by atoms with van der Waals surface area (Å²) in [5.74, 6) is 0.308. The van der Waals surface area contributed by atoms with E-state index in [-0.39, 0.29) is 11.2 Å². The quantitative estimate of drug-likeness (QED) is 0.743. The topological polar surface area (TPSA) is 9.23 Å². The second kappa shape index (κ2) is 3.40. The lowest BCUT2D eigenvalue weighted by atomic mass is 10.0. The fourth-order valence-electron chi connectivity index (χ4n) is 1.94. The first-order valence-corrected chi connectivity index (χ1v) is 5.14. The van der Waals surface area contributed by atoms with E-state index in [0.29, 0.717) is 5.92 Å². The lowest BCUT2D eigenvalue weighted by molar-refractivity contribution is -0.274. The number of hydrogen-bond donors (Lipinski definition) is 0. The van der Waals surface area contributed by atoms with Gasteiger partial charge in [0, 0.05) is 0 Å². The van der Waals surface area contributed by atoms with Gasteiger partial charge >= 0.3 is 6.36 Å². The molecule has 0 amide bonds. The van der Waals surface area contributed by atoms with Gasteiger partial charge in [-0.15, -0.1) is 13.2 Å². The van der Waals surface area contributed by atoms with Gasteiger partial charge in [0.05, 0.1) is 0 Å². The van der Waals surface area contributed by atoms with Gasteiger partial charge in [-0.25, -0.2) is 0 Å². The summed E-state index contributed by atoms with van der Waals surface area (Å²) in [6.45, 7) is 4.30. The van der Waals surface area contributed by atoms with Crippen molar-refractivity contribution in [1.29, 1.82) is 0 Å². The van der Waals surface area contributed by atoms with Crippen LogP contribution in [0.3, 0.4) is 0 Å². The molecule has 0 aliphatic heterocycles. The van der Waals surface area contributed by atoms with Crippen LogP contribution in [0.2, 0.25) is 0 Å². The molecule has 4 heteroatoms. The largest absolute Gasteiger partial charge is 0.573 e. The fourth-order valence-corrected chi connectivity index (χ4v) is 1.94. The molecule has 1 nitrogen and oxygen atoms in total. The Bertz CT molecular complexity index is 378. The SMILES string of the molecule is CC1(C)CC1c1ccc(OC(F)(F)F)cc1. The van der Waals surface area contributed by atoms with Crippen molar-refractivity contribution in [3.8, 4) is 5.75 Å². The van der Waals surface area contributed by atoms with Crippen molar-refractivity contribution in [1.82, 2.24) is 0 Å². The van der Waals surface area contributed by atoms with E-state index in [1.54, 1.807) is 12.1 Å². The zero-order chi connectivity index (χ0) is 12.0. The average molecular weight is 230 g/mol. The van der Waals surface area contributed by atoms with E-state index in [1.165, 1.54) is 12.1 Å². The summed E-state index contributed by atoms with van der Waals surface area (Å²) in [7, 11) is 0. The van der Waals surface area contributed by atoms with E-state index in [1.807, 2.05) is 0 Å². The van der Waals surface area contributed by atoms with E-state index < -0.39 is 6.36 Å². The molecule has 0 saturated heterocycles. The molecule has 1 fully saturated rings. The number of halogens is 3. The van der Waals surface area contributed by atoms with Gasteiger partial charge in [-0.3, -0.25) is 0 Å². The van der Waals surface area contributed by atoms with Crippen LogP contribution in [0.25, 0.3) is 0 Å². The summed E-state index contributed by atoms with van der Waals surface area (Å²) in [5, 5.41) is 0. The highest BCUT2D eigenvalue weighted by molar-refractivity contribution is 5.34. The molecule has 1 unspecified atom stereocenters. The first-order chi connectivity index (χ1) is 7.28. The molecule has 0 heterocycles. The molecule has 1 aromatic rings. The van der Waals surface area contributed by atoms with Crippen molar-refractivity contribution in [3.63, 3.8) is 0 Å². The molecule has 1 aromatic carbocycles. The van der Waals surface area contributed by atoms with E-state index >= 15 is 0 Å². The lowest BCUT2D eigenvalue weighted by Crippen LogP contribution is -2.17. The van der Waals surface area contributed by atoms with Gasteiger partial charge in [0.25, 0.3) is 0 Å². The lowest BCUT2D eigenvalue weighted by Gasteiger charge is -2.09. The van der Waals surface area contributed by atoms with Crippen molar-refractivity contribution >= 4 is 0 Å². The summed E-state index contributed by atoms with van der Waals surface area (Å²) < 4.78 is 39.5. The van der Waals surface area contributed by atoms with Gasteiger partial charge in [-0.1, -0.05) is 26.0 Å². The molecule has 0 radical (unpaired) electrons. The second-order valence-corrected chi connectivity index (χ2v) is 4.86. The summed E-state index contributed by atoms with van der Waals surface area (Å²) in [4.78, 5) is 0. The van der Waals surface area contributed by atoms with Crippen LogP contribution in [-0.4, -0.2) is 6.36 Å². The van der Waals surface area contributed by atoms with Crippen molar-refractivity contribution < 1.29 is 17.9 Å². The van der Waals surface area contributed by atoms with Gasteiger partial charge in [-0.05, 0) is 35.4 Å². The van der Waals surface area contributed by atoms with Gasteiger partial charge in [0.1, 0.15) is 5.75 Å².